The lowest BCUT2D eigenvalue weighted by Crippen LogP contribution is -2.31. The predicted octanol–water partition coefficient (Wildman–Crippen LogP) is 5.43. The third kappa shape index (κ3) is 5.66. The van der Waals surface area contributed by atoms with Crippen LogP contribution in [-0.2, 0) is 19.3 Å². The van der Waals surface area contributed by atoms with Gasteiger partial charge in [0.25, 0.3) is 5.91 Å². The lowest BCUT2D eigenvalue weighted by molar-refractivity contribution is -0.141. The molecule has 2 aliphatic rings. The Labute approximate surface area is 228 Å². The molecule has 5 rings (SSSR count). The molecule has 2 aromatic carbocycles. The standard InChI is InChI=1S/C28H29F5N6O/c1-3-39-15-21(25(36-39)28(31,32)33)19-10-16(14-38-9-8-37(2)27(38)34)11-20(12-19)26(40)35-24(17-4-5-17)18-6-7-22(29)23(30)13-18/h6-7,10-13,15,17,24,34H,3-5,8-9,14H2,1-2H3,(H,35,40). The molecule has 1 saturated carbocycles. The Morgan fingerprint density at radius 3 is 2.48 bits per heavy atom. The molecule has 2 N–H and O–H groups in total. The summed E-state index contributed by atoms with van der Waals surface area (Å²) in [4.78, 5) is 17.1. The average molecular weight is 561 g/mol. The van der Waals surface area contributed by atoms with Gasteiger partial charge in [0.2, 0.25) is 0 Å². The van der Waals surface area contributed by atoms with Crippen molar-refractivity contribution >= 4 is 11.9 Å². The first-order valence-corrected chi connectivity index (χ1v) is 13.0. The number of guanidine groups is 1. The second-order valence-electron chi connectivity index (χ2n) is 10.3. The average Bonchev–Trinajstić information content (AvgIpc) is 3.57. The van der Waals surface area contributed by atoms with Crippen molar-refractivity contribution in [2.24, 2.45) is 5.92 Å². The van der Waals surface area contributed by atoms with E-state index in [-0.39, 0.29) is 41.7 Å². The number of halogens is 5. The Balaban J connectivity index is 1.53. The van der Waals surface area contributed by atoms with Crippen molar-refractivity contribution in [3.05, 3.63) is 76.6 Å². The summed E-state index contributed by atoms with van der Waals surface area (Å²) in [5.74, 6) is -2.25. The third-order valence-corrected chi connectivity index (χ3v) is 7.34. The van der Waals surface area contributed by atoms with Crippen LogP contribution in [0.4, 0.5) is 22.0 Å². The van der Waals surface area contributed by atoms with E-state index in [4.69, 9.17) is 5.41 Å². The number of aryl methyl sites for hydroxylation is 1. The Morgan fingerprint density at radius 1 is 1.12 bits per heavy atom. The SMILES string of the molecule is CCn1cc(-c2cc(CN3CCN(C)C3=N)cc(C(=O)NC(c3ccc(F)c(F)c3)C3CC3)c2)c(C(F)(F)F)n1. The van der Waals surface area contributed by atoms with Crippen molar-refractivity contribution in [1.29, 1.82) is 5.41 Å². The summed E-state index contributed by atoms with van der Waals surface area (Å²) in [6.45, 7) is 3.31. The van der Waals surface area contributed by atoms with Crippen LogP contribution in [0.25, 0.3) is 11.1 Å². The van der Waals surface area contributed by atoms with E-state index in [0.717, 1.165) is 25.0 Å². The minimum Gasteiger partial charge on any atom is -0.345 e. The molecule has 1 aromatic heterocycles. The summed E-state index contributed by atoms with van der Waals surface area (Å²) in [6, 6.07) is 7.49. The van der Waals surface area contributed by atoms with Crippen molar-refractivity contribution in [1.82, 2.24) is 24.9 Å². The highest BCUT2D eigenvalue weighted by molar-refractivity contribution is 5.96. The van der Waals surface area contributed by atoms with Crippen LogP contribution in [0.15, 0.2) is 42.6 Å². The fourth-order valence-corrected chi connectivity index (χ4v) is 5.01. The maximum Gasteiger partial charge on any atom is 0.435 e. The van der Waals surface area contributed by atoms with Crippen LogP contribution in [0.1, 0.15) is 53.0 Å². The summed E-state index contributed by atoms with van der Waals surface area (Å²) in [5.41, 5.74) is 0.0586. The van der Waals surface area contributed by atoms with E-state index in [1.54, 1.807) is 35.9 Å². The van der Waals surface area contributed by atoms with Gasteiger partial charge in [0.05, 0.1) is 6.04 Å². The fraction of sp³-hybridized carbons (Fsp3) is 0.393. The number of hydrogen-bond donors (Lipinski definition) is 2. The molecule has 3 aromatic rings. The van der Waals surface area contributed by atoms with Crippen LogP contribution < -0.4 is 5.32 Å². The molecule has 12 heteroatoms. The fourth-order valence-electron chi connectivity index (χ4n) is 5.01. The van der Waals surface area contributed by atoms with E-state index in [0.29, 0.717) is 24.2 Å². The third-order valence-electron chi connectivity index (χ3n) is 7.34. The molecule has 1 atom stereocenters. The first-order valence-electron chi connectivity index (χ1n) is 13.0. The maximum absolute atomic E-state index is 14.0. The molecule has 40 heavy (non-hydrogen) atoms. The zero-order valence-electron chi connectivity index (χ0n) is 22.0. The minimum absolute atomic E-state index is 0.0386. The largest absolute Gasteiger partial charge is 0.435 e. The van der Waals surface area contributed by atoms with Crippen LogP contribution in [-0.4, -0.2) is 51.6 Å². The Bertz CT molecular complexity index is 1450. The number of benzene rings is 2. The van der Waals surface area contributed by atoms with E-state index in [1.807, 2.05) is 0 Å². The van der Waals surface area contributed by atoms with Crippen LogP contribution >= 0.6 is 0 Å². The van der Waals surface area contributed by atoms with Crippen LogP contribution in [0, 0.1) is 23.0 Å². The van der Waals surface area contributed by atoms with Crippen molar-refractivity contribution < 1.29 is 26.7 Å². The summed E-state index contributed by atoms with van der Waals surface area (Å²) in [5, 5.41) is 14.9. The number of amides is 1. The number of nitrogens with zero attached hydrogens (tertiary/aromatic N) is 4. The second kappa shape index (κ2) is 10.5. The van der Waals surface area contributed by atoms with Gasteiger partial charge < -0.3 is 15.1 Å². The summed E-state index contributed by atoms with van der Waals surface area (Å²) < 4.78 is 70.5. The molecule has 1 aliphatic carbocycles. The molecular weight excluding hydrogens is 531 g/mol. The van der Waals surface area contributed by atoms with Gasteiger partial charge in [0.15, 0.2) is 23.3 Å². The molecule has 2 fully saturated rings. The van der Waals surface area contributed by atoms with Gasteiger partial charge in [-0.3, -0.25) is 14.9 Å². The lowest BCUT2D eigenvalue weighted by Gasteiger charge is -2.21. The number of alkyl halides is 3. The normalized spacial score (nSPS) is 16.5. The van der Waals surface area contributed by atoms with Crippen LogP contribution in [0.5, 0.6) is 0 Å². The monoisotopic (exact) mass is 560 g/mol. The van der Waals surface area contributed by atoms with Gasteiger partial charge in [-0.15, -0.1) is 0 Å². The topological polar surface area (TPSA) is 77.2 Å². The molecule has 7 nitrogen and oxygen atoms in total. The van der Waals surface area contributed by atoms with E-state index in [2.05, 4.69) is 10.4 Å². The van der Waals surface area contributed by atoms with Gasteiger partial charge in [0, 0.05) is 50.6 Å². The van der Waals surface area contributed by atoms with Gasteiger partial charge in [-0.1, -0.05) is 6.07 Å². The number of nitrogens with one attached hydrogen (secondary N) is 2. The summed E-state index contributed by atoms with van der Waals surface area (Å²) in [7, 11) is 1.78. The first-order chi connectivity index (χ1) is 18.9. The molecule has 1 unspecified atom stereocenters. The highest BCUT2D eigenvalue weighted by Crippen LogP contribution is 2.42. The molecular formula is C28H29F5N6O. The van der Waals surface area contributed by atoms with Gasteiger partial charge in [-0.25, -0.2) is 8.78 Å². The van der Waals surface area contributed by atoms with E-state index in [1.165, 1.54) is 23.0 Å². The van der Waals surface area contributed by atoms with Crippen LogP contribution in [0.3, 0.4) is 0 Å². The molecule has 212 valence electrons. The zero-order chi connectivity index (χ0) is 28.8. The Hall–Kier alpha value is -3.96. The van der Waals surface area contributed by atoms with Crippen molar-refractivity contribution in [3.8, 4) is 11.1 Å². The maximum atomic E-state index is 14.0. The minimum atomic E-state index is -4.71. The van der Waals surface area contributed by atoms with E-state index in [9.17, 15) is 26.7 Å². The smallest absolute Gasteiger partial charge is 0.345 e. The molecule has 0 radical (unpaired) electrons. The highest BCUT2D eigenvalue weighted by atomic mass is 19.4. The van der Waals surface area contributed by atoms with Gasteiger partial charge in [-0.05, 0) is 72.7 Å². The van der Waals surface area contributed by atoms with E-state index >= 15 is 0 Å². The summed E-state index contributed by atoms with van der Waals surface area (Å²) in [6.07, 6.45) is -1.81. The first kappa shape index (κ1) is 27.6. The summed E-state index contributed by atoms with van der Waals surface area (Å²) >= 11 is 0. The van der Waals surface area contributed by atoms with Crippen molar-refractivity contribution in [3.63, 3.8) is 0 Å². The Morgan fingerprint density at radius 2 is 1.88 bits per heavy atom. The zero-order valence-corrected chi connectivity index (χ0v) is 22.0. The highest BCUT2D eigenvalue weighted by Gasteiger charge is 2.38. The van der Waals surface area contributed by atoms with Gasteiger partial charge >= 0.3 is 6.18 Å². The number of aromatic nitrogens is 2. The molecule has 1 amide bonds. The molecule has 0 bridgehead atoms. The Kier molecular flexibility index (Phi) is 7.28. The molecule has 1 saturated heterocycles. The van der Waals surface area contributed by atoms with Crippen molar-refractivity contribution in [2.45, 2.75) is 45.1 Å². The quantitative estimate of drug-likeness (QED) is 0.361. The number of carbonyl (C=O) groups is 1. The van der Waals surface area contributed by atoms with Crippen molar-refractivity contribution in [2.75, 3.05) is 20.1 Å². The number of likely N-dealkylation sites (N-methyl/N-ethyl adjacent to an activating group) is 1. The van der Waals surface area contributed by atoms with Gasteiger partial charge in [-0.2, -0.15) is 18.3 Å². The number of rotatable bonds is 8. The molecule has 2 heterocycles. The molecule has 1 aliphatic heterocycles. The molecule has 0 spiro atoms. The number of carbonyl (C=O) groups excluding carboxylic acids is 1. The number of hydrogen-bond acceptors (Lipinski definition) is 3. The van der Waals surface area contributed by atoms with Crippen LogP contribution in [0.2, 0.25) is 0 Å². The van der Waals surface area contributed by atoms with E-state index < -0.39 is 35.5 Å². The van der Waals surface area contributed by atoms with Gasteiger partial charge in [0.1, 0.15) is 0 Å². The lowest BCUT2D eigenvalue weighted by atomic mass is 9.97. The predicted molar refractivity (Wildman–Crippen MR) is 138 cm³/mol. The second-order valence-corrected chi connectivity index (χ2v) is 10.3.